The normalized spacial score (nSPS) is 11.5. The van der Waals surface area contributed by atoms with Gasteiger partial charge < -0.3 is 9.57 Å². The van der Waals surface area contributed by atoms with Gasteiger partial charge in [-0.25, -0.2) is 8.42 Å². The summed E-state index contributed by atoms with van der Waals surface area (Å²) in [4.78, 5) is 14.6. The highest BCUT2D eigenvalue weighted by atomic mass is 32.2. The molecule has 0 rings (SSSR count). The minimum absolute atomic E-state index is 0.559. The number of rotatable bonds is 4. The van der Waals surface area contributed by atoms with Crippen LogP contribution in [0.3, 0.4) is 0 Å². The Morgan fingerprint density at radius 2 is 2.08 bits per heavy atom. The molecule has 70 valence electrons. The molecule has 0 N–H and O–H groups in total. The van der Waals surface area contributed by atoms with Crippen molar-refractivity contribution >= 4 is 21.4 Å². The molecule has 0 fully saturated rings. The molecular weight excluding hydrogens is 186 g/mol. The molecule has 0 aliphatic carbocycles. The van der Waals surface area contributed by atoms with Gasteiger partial charge in [0.25, 0.3) is 0 Å². The first-order chi connectivity index (χ1) is 5.52. The number of oxime groups is 1. The molecule has 0 spiro atoms. The zero-order chi connectivity index (χ0) is 9.61. The molecule has 0 aromatic heterocycles. The Kier molecular flexibility index (Phi) is 4.27. The molecule has 0 heterocycles. The van der Waals surface area contributed by atoms with E-state index in [1.807, 2.05) is 0 Å². The molecular formula is C5H9NO5S. The third kappa shape index (κ3) is 4.67. The minimum atomic E-state index is -3.65. The summed E-state index contributed by atoms with van der Waals surface area (Å²) in [5, 5.41) is 3.01. The highest BCUT2D eigenvalue weighted by Crippen LogP contribution is 1.87. The van der Waals surface area contributed by atoms with Crippen LogP contribution in [0, 0.1) is 0 Å². The first-order valence-corrected chi connectivity index (χ1v) is 4.59. The van der Waals surface area contributed by atoms with Crippen LogP contribution in [0.15, 0.2) is 5.16 Å². The third-order valence-electron chi connectivity index (χ3n) is 0.856. The maximum Gasteiger partial charge on any atom is 0.321 e. The van der Waals surface area contributed by atoms with Crippen LogP contribution in [0.2, 0.25) is 0 Å². The van der Waals surface area contributed by atoms with E-state index in [1.165, 1.54) is 7.11 Å². The number of hydrogen-bond donors (Lipinski definition) is 0. The van der Waals surface area contributed by atoms with Gasteiger partial charge in [0.15, 0.2) is 11.3 Å². The molecule has 0 aliphatic heterocycles. The SMILES string of the molecule is CO/N=C/S(=O)(=O)CC(=O)OC. The number of carbonyl (C=O) groups is 1. The number of nitrogens with zero attached hydrogens (tertiary/aromatic N) is 1. The van der Waals surface area contributed by atoms with Crippen molar-refractivity contribution in [3.8, 4) is 0 Å². The van der Waals surface area contributed by atoms with Gasteiger partial charge in [0, 0.05) is 0 Å². The van der Waals surface area contributed by atoms with Crippen LogP contribution >= 0.6 is 0 Å². The number of esters is 1. The fourth-order valence-corrected chi connectivity index (χ4v) is 1.11. The lowest BCUT2D eigenvalue weighted by molar-refractivity contribution is -0.137. The van der Waals surface area contributed by atoms with Crippen LogP contribution in [0.25, 0.3) is 0 Å². The first kappa shape index (κ1) is 10.9. The van der Waals surface area contributed by atoms with Crippen molar-refractivity contribution in [3.05, 3.63) is 0 Å². The monoisotopic (exact) mass is 195 g/mol. The number of hydrogen-bond acceptors (Lipinski definition) is 6. The summed E-state index contributed by atoms with van der Waals surface area (Å²) in [6.07, 6.45) is 0. The van der Waals surface area contributed by atoms with Crippen molar-refractivity contribution in [3.63, 3.8) is 0 Å². The molecule has 6 nitrogen and oxygen atoms in total. The van der Waals surface area contributed by atoms with Gasteiger partial charge in [-0.2, -0.15) is 0 Å². The Morgan fingerprint density at radius 1 is 1.50 bits per heavy atom. The highest BCUT2D eigenvalue weighted by molar-refractivity contribution is 8.05. The number of ether oxygens (including phenoxy) is 1. The minimum Gasteiger partial charge on any atom is -0.468 e. The molecule has 0 aromatic carbocycles. The Balaban J connectivity index is 4.24. The Labute approximate surface area is 70.1 Å². The van der Waals surface area contributed by atoms with Gasteiger partial charge in [0.05, 0.1) is 7.11 Å². The number of carbonyl (C=O) groups excluding carboxylic acids is 1. The lowest BCUT2D eigenvalue weighted by Crippen LogP contribution is -2.17. The molecule has 7 heteroatoms. The molecule has 12 heavy (non-hydrogen) atoms. The maximum atomic E-state index is 10.8. The highest BCUT2D eigenvalue weighted by Gasteiger charge is 2.14. The quantitative estimate of drug-likeness (QED) is 0.253. The van der Waals surface area contributed by atoms with Crippen molar-refractivity contribution in [2.75, 3.05) is 20.0 Å². The predicted octanol–water partition coefficient (Wildman–Crippen LogP) is -0.836. The summed E-state index contributed by atoms with van der Waals surface area (Å²) in [5.41, 5.74) is 0.559. The molecule has 0 radical (unpaired) electrons. The topological polar surface area (TPSA) is 82.0 Å². The Bertz CT molecular complexity index is 268. The van der Waals surface area contributed by atoms with Crippen molar-refractivity contribution in [2.24, 2.45) is 5.16 Å². The van der Waals surface area contributed by atoms with E-state index in [9.17, 15) is 13.2 Å². The zero-order valence-corrected chi connectivity index (χ0v) is 7.50. The summed E-state index contributed by atoms with van der Waals surface area (Å²) in [6, 6.07) is 0. The van der Waals surface area contributed by atoms with Crippen LogP contribution in [0.4, 0.5) is 0 Å². The van der Waals surface area contributed by atoms with Crippen LogP contribution < -0.4 is 0 Å². The van der Waals surface area contributed by atoms with Crippen molar-refractivity contribution < 1.29 is 22.8 Å². The van der Waals surface area contributed by atoms with E-state index in [4.69, 9.17) is 0 Å². The summed E-state index contributed by atoms with van der Waals surface area (Å²) < 4.78 is 25.8. The second-order valence-corrected chi connectivity index (χ2v) is 3.60. The van der Waals surface area contributed by atoms with Crippen LogP contribution in [-0.4, -0.2) is 39.9 Å². The molecule has 0 bridgehead atoms. The van der Waals surface area contributed by atoms with Gasteiger partial charge in [-0.15, -0.1) is 0 Å². The van der Waals surface area contributed by atoms with E-state index in [1.54, 1.807) is 0 Å². The molecule has 0 saturated heterocycles. The summed E-state index contributed by atoms with van der Waals surface area (Å²) in [7, 11) is -1.35. The van der Waals surface area contributed by atoms with Crippen LogP contribution in [0.1, 0.15) is 0 Å². The summed E-state index contributed by atoms with van der Waals surface area (Å²) in [5.74, 6) is -1.56. The summed E-state index contributed by atoms with van der Waals surface area (Å²) >= 11 is 0. The number of methoxy groups -OCH3 is 1. The average molecular weight is 195 g/mol. The van der Waals surface area contributed by atoms with E-state index < -0.39 is 21.6 Å². The molecule has 0 atom stereocenters. The van der Waals surface area contributed by atoms with E-state index in [-0.39, 0.29) is 0 Å². The second-order valence-electron chi connectivity index (χ2n) is 1.78. The smallest absolute Gasteiger partial charge is 0.321 e. The summed E-state index contributed by atoms with van der Waals surface area (Å²) in [6.45, 7) is 0. The van der Waals surface area contributed by atoms with Gasteiger partial charge in [-0.05, 0) is 0 Å². The lowest BCUT2D eigenvalue weighted by Gasteiger charge is -1.95. The lowest BCUT2D eigenvalue weighted by atomic mass is 10.8. The van der Waals surface area contributed by atoms with Gasteiger partial charge in [-0.3, -0.25) is 4.79 Å². The first-order valence-electron chi connectivity index (χ1n) is 2.88. The molecule has 0 amide bonds. The fourth-order valence-electron chi connectivity index (χ4n) is 0.369. The number of sulfone groups is 1. The average Bonchev–Trinajstić information content (AvgIpc) is 2.00. The molecule has 0 unspecified atom stereocenters. The van der Waals surface area contributed by atoms with Crippen molar-refractivity contribution in [1.82, 2.24) is 0 Å². The Morgan fingerprint density at radius 3 is 2.50 bits per heavy atom. The van der Waals surface area contributed by atoms with E-state index in [0.29, 0.717) is 5.55 Å². The Hall–Kier alpha value is -1.11. The van der Waals surface area contributed by atoms with Crippen molar-refractivity contribution in [1.29, 1.82) is 0 Å². The largest absolute Gasteiger partial charge is 0.468 e. The van der Waals surface area contributed by atoms with E-state index in [2.05, 4.69) is 14.7 Å². The van der Waals surface area contributed by atoms with Gasteiger partial charge in [-0.1, -0.05) is 5.16 Å². The standard InChI is InChI=1S/C5H9NO5S/c1-10-5(7)3-12(8,9)4-6-11-2/h4H,3H2,1-2H3/b6-4+. The molecule has 0 aromatic rings. The van der Waals surface area contributed by atoms with Crippen LogP contribution in [0.5, 0.6) is 0 Å². The van der Waals surface area contributed by atoms with Crippen LogP contribution in [-0.2, 0) is 24.2 Å². The molecule has 0 aliphatic rings. The predicted molar refractivity (Wildman–Crippen MR) is 41.3 cm³/mol. The third-order valence-corrected chi connectivity index (χ3v) is 1.90. The van der Waals surface area contributed by atoms with E-state index >= 15 is 0 Å². The van der Waals surface area contributed by atoms with Gasteiger partial charge >= 0.3 is 5.97 Å². The van der Waals surface area contributed by atoms with E-state index in [0.717, 1.165) is 7.11 Å². The van der Waals surface area contributed by atoms with Gasteiger partial charge in [0.2, 0.25) is 9.84 Å². The van der Waals surface area contributed by atoms with Gasteiger partial charge in [0.1, 0.15) is 7.11 Å². The fraction of sp³-hybridized carbons (Fsp3) is 0.600. The van der Waals surface area contributed by atoms with Crippen molar-refractivity contribution in [2.45, 2.75) is 0 Å². The second kappa shape index (κ2) is 4.70. The zero-order valence-electron chi connectivity index (χ0n) is 6.68. The molecule has 0 saturated carbocycles. The maximum absolute atomic E-state index is 10.8.